The van der Waals surface area contributed by atoms with Gasteiger partial charge in [-0.2, -0.15) is 0 Å². The first kappa shape index (κ1) is 18.7. The lowest BCUT2D eigenvalue weighted by molar-refractivity contribution is 0.597. The van der Waals surface area contributed by atoms with Crippen LogP contribution in [0, 0.1) is 0 Å². The van der Waals surface area contributed by atoms with Crippen molar-refractivity contribution >= 4 is 31.0 Å². The van der Waals surface area contributed by atoms with Crippen LogP contribution in [0.2, 0.25) is 0 Å². The molecule has 0 N–H and O–H groups in total. The Balaban J connectivity index is 1.96. The first-order valence-corrected chi connectivity index (χ1v) is 12.1. The van der Waals surface area contributed by atoms with Gasteiger partial charge in [0, 0.05) is 24.6 Å². The number of thiophene rings is 1. The summed E-state index contributed by atoms with van der Waals surface area (Å²) in [6.07, 6.45) is 2.81. The molecule has 0 amide bonds. The molecular formula is C17H16N2O4S3. The number of rotatable bonds is 6. The van der Waals surface area contributed by atoms with Crippen LogP contribution < -0.4 is 0 Å². The molecule has 3 heterocycles. The van der Waals surface area contributed by atoms with E-state index in [0.717, 1.165) is 17.6 Å². The molecule has 26 heavy (non-hydrogen) atoms. The molecule has 6 nitrogen and oxygen atoms in total. The van der Waals surface area contributed by atoms with E-state index in [9.17, 15) is 16.8 Å². The maximum atomic E-state index is 12.4. The zero-order chi connectivity index (χ0) is 18.8. The molecule has 3 rings (SSSR count). The maximum absolute atomic E-state index is 12.4. The molecule has 0 fully saturated rings. The lowest BCUT2D eigenvalue weighted by Gasteiger charge is -2.08. The van der Waals surface area contributed by atoms with Crippen LogP contribution in [0.4, 0.5) is 0 Å². The summed E-state index contributed by atoms with van der Waals surface area (Å²) >= 11 is 1.16. The highest BCUT2D eigenvalue weighted by Crippen LogP contribution is 2.22. The number of sulfone groups is 2. The third-order valence-electron chi connectivity index (χ3n) is 3.64. The minimum atomic E-state index is -3.47. The van der Waals surface area contributed by atoms with Gasteiger partial charge in [0.15, 0.2) is 19.7 Å². The smallest absolute Gasteiger partial charge is 0.188 e. The van der Waals surface area contributed by atoms with Crippen LogP contribution in [-0.2, 0) is 26.1 Å². The topological polar surface area (TPSA) is 94.1 Å². The van der Waals surface area contributed by atoms with Crippen LogP contribution >= 0.6 is 11.3 Å². The van der Waals surface area contributed by atoms with Gasteiger partial charge in [0.05, 0.1) is 22.0 Å². The van der Waals surface area contributed by atoms with E-state index in [1.165, 1.54) is 12.1 Å². The zero-order valence-corrected chi connectivity index (χ0v) is 16.3. The van der Waals surface area contributed by atoms with Crippen LogP contribution in [0.25, 0.3) is 11.4 Å². The fraction of sp³-hybridized carbons (Fsp3) is 0.176. The third-order valence-corrected chi connectivity index (χ3v) is 7.93. The summed E-state index contributed by atoms with van der Waals surface area (Å²) in [4.78, 5) is 8.70. The summed E-state index contributed by atoms with van der Waals surface area (Å²) in [5, 5.41) is 1.70. The minimum absolute atomic E-state index is 0.0941. The largest absolute Gasteiger partial charge is 0.255 e. The predicted molar refractivity (Wildman–Crippen MR) is 101 cm³/mol. The summed E-state index contributed by atoms with van der Waals surface area (Å²) in [6.45, 7) is 0. The second-order valence-corrected chi connectivity index (χ2v) is 11.0. The number of pyridine rings is 2. The molecular weight excluding hydrogens is 392 g/mol. The monoisotopic (exact) mass is 408 g/mol. The van der Waals surface area contributed by atoms with Gasteiger partial charge in [0.25, 0.3) is 0 Å². The molecule has 0 spiro atoms. The molecule has 0 saturated heterocycles. The van der Waals surface area contributed by atoms with Crippen molar-refractivity contribution in [1.82, 2.24) is 9.97 Å². The zero-order valence-electron chi connectivity index (χ0n) is 13.9. The molecule has 0 aromatic carbocycles. The highest BCUT2D eigenvalue weighted by molar-refractivity contribution is 7.93. The number of aryl methyl sites for hydroxylation is 1. The standard InChI is InChI=1S/C17H16N2O4S3/c1-25(20,21)14-11-13(7-10-26(22,23)17-6-4-9-24-17)19-16(12-14)15-5-2-3-8-18-15/h2-6,8-9,11-12H,7,10H2,1H3. The van der Waals surface area contributed by atoms with Gasteiger partial charge in [0.2, 0.25) is 0 Å². The SMILES string of the molecule is CS(=O)(=O)c1cc(CCS(=O)(=O)c2cccs2)nc(-c2ccccn2)c1. The van der Waals surface area contributed by atoms with Crippen molar-refractivity contribution in [3.8, 4) is 11.4 Å². The molecule has 0 aliphatic rings. The third kappa shape index (κ3) is 4.35. The van der Waals surface area contributed by atoms with Crippen molar-refractivity contribution in [1.29, 1.82) is 0 Å². The molecule has 0 unspecified atom stereocenters. The average Bonchev–Trinajstić information content (AvgIpc) is 3.15. The van der Waals surface area contributed by atoms with E-state index in [-0.39, 0.29) is 17.1 Å². The molecule has 9 heteroatoms. The first-order chi connectivity index (χ1) is 12.3. The van der Waals surface area contributed by atoms with Gasteiger partial charge in [-0.05, 0) is 35.7 Å². The quantitative estimate of drug-likeness (QED) is 0.622. The van der Waals surface area contributed by atoms with Gasteiger partial charge >= 0.3 is 0 Å². The molecule has 0 aliphatic carbocycles. The number of aromatic nitrogens is 2. The van der Waals surface area contributed by atoms with Crippen LogP contribution in [0.5, 0.6) is 0 Å². The lowest BCUT2D eigenvalue weighted by atomic mass is 10.2. The summed E-state index contributed by atoms with van der Waals surface area (Å²) in [5.74, 6) is -0.143. The van der Waals surface area contributed by atoms with Crippen LogP contribution in [0.3, 0.4) is 0 Å². The van der Waals surface area contributed by atoms with Gasteiger partial charge in [-0.1, -0.05) is 12.1 Å². The van der Waals surface area contributed by atoms with Crippen molar-refractivity contribution in [2.24, 2.45) is 0 Å². The molecule has 0 saturated carbocycles. The fourth-order valence-electron chi connectivity index (χ4n) is 2.33. The van der Waals surface area contributed by atoms with Gasteiger partial charge in [0.1, 0.15) is 4.21 Å². The normalized spacial score (nSPS) is 12.2. The van der Waals surface area contributed by atoms with E-state index < -0.39 is 19.7 Å². The van der Waals surface area contributed by atoms with Crippen LogP contribution in [0.15, 0.2) is 63.1 Å². The summed E-state index contributed by atoms with van der Waals surface area (Å²) in [7, 11) is -6.90. The van der Waals surface area contributed by atoms with E-state index >= 15 is 0 Å². The summed E-state index contributed by atoms with van der Waals surface area (Å²) in [6, 6.07) is 11.4. The minimum Gasteiger partial charge on any atom is -0.255 e. The van der Waals surface area contributed by atoms with Crippen LogP contribution in [0.1, 0.15) is 5.69 Å². The predicted octanol–water partition coefficient (Wildman–Crippen LogP) is 2.63. The van der Waals surface area contributed by atoms with E-state index in [4.69, 9.17) is 0 Å². The van der Waals surface area contributed by atoms with Crippen molar-refractivity contribution in [2.75, 3.05) is 12.0 Å². The molecule has 3 aromatic heterocycles. The fourth-order valence-corrected chi connectivity index (χ4v) is 5.42. The Morgan fingerprint density at radius 2 is 1.81 bits per heavy atom. The van der Waals surface area contributed by atoms with E-state index in [0.29, 0.717) is 21.3 Å². The van der Waals surface area contributed by atoms with E-state index in [2.05, 4.69) is 9.97 Å². The number of nitrogens with zero attached hydrogens (tertiary/aromatic N) is 2. The van der Waals surface area contributed by atoms with Crippen LogP contribution in [-0.4, -0.2) is 38.8 Å². The molecule has 0 radical (unpaired) electrons. The second kappa shape index (κ2) is 7.26. The Morgan fingerprint density at radius 1 is 1.00 bits per heavy atom. The Kier molecular flexibility index (Phi) is 5.22. The Morgan fingerprint density at radius 3 is 2.42 bits per heavy atom. The van der Waals surface area contributed by atoms with Crippen molar-refractivity contribution in [3.63, 3.8) is 0 Å². The first-order valence-electron chi connectivity index (χ1n) is 7.64. The summed E-state index contributed by atoms with van der Waals surface area (Å²) < 4.78 is 49.0. The lowest BCUT2D eigenvalue weighted by Crippen LogP contribution is -2.10. The number of hydrogen-bond acceptors (Lipinski definition) is 7. The maximum Gasteiger partial charge on any atom is 0.188 e. The van der Waals surface area contributed by atoms with Gasteiger partial charge in [-0.25, -0.2) is 16.8 Å². The van der Waals surface area contributed by atoms with Crippen molar-refractivity contribution in [2.45, 2.75) is 15.5 Å². The molecule has 3 aromatic rings. The highest BCUT2D eigenvalue weighted by atomic mass is 32.2. The molecule has 0 atom stereocenters. The Bertz CT molecular complexity index is 1110. The molecule has 0 bridgehead atoms. The van der Waals surface area contributed by atoms with Gasteiger partial charge < -0.3 is 0 Å². The average molecular weight is 409 g/mol. The Labute approximate surface area is 156 Å². The van der Waals surface area contributed by atoms with Crippen molar-refractivity contribution in [3.05, 3.63) is 59.7 Å². The molecule has 0 aliphatic heterocycles. The highest BCUT2D eigenvalue weighted by Gasteiger charge is 2.18. The van der Waals surface area contributed by atoms with E-state index in [1.807, 2.05) is 0 Å². The molecule has 136 valence electrons. The Hall–Kier alpha value is -2.10. The second-order valence-electron chi connectivity index (χ2n) is 5.67. The number of hydrogen-bond donors (Lipinski definition) is 0. The van der Waals surface area contributed by atoms with Gasteiger partial charge in [-0.3, -0.25) is 9.97 Å². The van der Waals surface area contributed by atoms with Gasteiger partial charge in [-0.15, -0.1) is 11.3 Å². The summed E-state index contributed by atoms with van der Waals surface area (Å²) in [5.41, 5.74) is 1.33. The van der Waals surface area contributed by atoms with Crippen molar-refractivity contribution < 1.29 is 16.8 Å². The van der Waals surface area contributed by atoms with E-state index in [1.54, 1.807) is 41.9 Å².